The molecule has 10 heteroatoms. The lowest BCUT2D eigenvalue weighted by atomic mass is 10.0. The number of aliphatic hydroxyl groups excluding tert-OH is 1. The average Bonchev–Trinajstić information content (AvgIpc) is 3.28. The van der Waals surface area contributed by atoms with E-state index in [-0.39, 0.29) is 11.8 Å². The molecule has 0 amide bonds. The summed E-state index contributed by atoms with van der Waals surface area (Å²) >= 11 is 0. The van der Waals surface area contributed by atoms with Crippen LogP contribution in [0.25, 0.3) is 5.82 Å². The van der Waals surface area contributed by atoms with Crippen molar-refractivity contribution in [2.75, 3.05) is 0 Å². The molecule has 0 bridgehead atoms. The lowest BCUT2D eigenvalue weighted by molar-refractivity contribution is -0.159. The van der Waals surface area contributed by atoms with Gasteiger partial charge in [-0.3, -0.25) is 0 Å². The van der Waals surface area contributed by atoms with Crippen LogP contribution in [0, 0.1) is 20.8 Å². The molecule has 0 saturated heterocycles. The molecule has 0 aliphatic heterocycles. The molecule has 0 radical (unpaired) electrons. The molecule has 5 N–H and O–H groups in total. The molecule has 1 aromatic carbocycles. The predicted octanol–water partition coefficient (Wildman–Crippen LogP) is 2.46. The van der Waals surface area contributed by atoms with Gasteiger partial charge in [0, 0.05) is 30.0 Å². The Balaban J connectivity index is 0.000000534. The van der Waals surface area contributed by atoms with Crippen molar-refractivity contribution in [1.29, 1.82) is 0 Å². The van der Waals surface area contributed by atoms with Gasteiger partial charge >= 0.3 is 11.9 Å². The number of aromatic nitrogens is 2. The molecule has 2 unspecified atom stereocenters. The number of hydrogen-bond acceptors (Lipinski definition) is 7. The molecule has 2 atom stereocenters. The molecule has 3 aromatic rings. The highest BCUT2D eigenvalue weighted by atomic mass is 16.5. The number of aliphatic carboxylic acids is 2. The molecule has 2 aromatic heterocycles. The molecule has 0 fully saturated rings. The van der Waals surface area contributed by atoms with Gasteiger partial charge in [-0.2, -0.15) is 0 Å². The lowest BCUT2D eigenvalue weighted by Crippen LogP contribution is -2.31. The van der Waals surface area contributed by atoms with E-state index in [4.69, 9.17) is 24.3 Å². The normalized spacial score (nSPS) is 12.5. The molecule has 0 spiro atoms. The van der Waals surface area contributed by atoms with Crippen molar-refractivity contribution < 1.29 is 34.5 Å². The maximum absolute atomic E-state index is 10.5. The minimum atomic E-state index is -1.82. The zero-order chi connectivity index (χ0) is 24.0. The van der Waals surface area contributed by atoms with Crippen molar-refractivity contribution in [3.63, 3.8) is 0 Å². The van der Waals surface area contributed by atoms with Crippen LogP contribution in [0.4, 0.5) is 0 Å². The Labute approximate surface area is 184 Å². The van der Waals surface area contributed by atoms with E-state index in [1.165, 1.54) is 0 Å². The number of hydrogen-bond donors (Lipinski definition) is 5. The predicted molar refractivity (Wildman–Crippen MR) is 115 cm³/mol. The number of phenols is 1. The third-order valence-corrected chi connectivity index (χ3v) is 4.89. The number of aliphatic hydroxyl groups is 1. The molecule has 0 aliphatic carbocycles. The average molecular weight is 445 g/mol. The lowest BCUT2D eigenvalue weighted by Gasteiger charge is -2.21. The highest BCUT2D eigenvalue weighted by molar-refractivity contribution is 6.27. The van der Waals surface area contributed by atoms with Crippen LogP contribution in [-0.4, -0.2) is 48.1 Å². The Morgan fingerprint density at radius 3 is 2.19 bits per heavy atom. The number of phenolic OH excluding ortho intramolecular Hbond substituents is 1. The van der Waals surface area contributed by atoms with Crippen molar-refractivity contribution in [3.05, 3.63) is 64.7 Å². The van der Waals surface area contributed by atoms with Crippen LogP contribution < -0.4 is 5.32 Å². The van der Waals surface area contributed by atoms with Crippen LogP contribution >= 0.6 is 0 Å². The van der Waals surface area contributed by atoms with E-state index in [2.05, 4.69) is 28.0 Å². The smallest absolute Gasteiger partial charge is 0.414 e. The molecular weight excluding hydrogens is 418 g/mol. The monoisotopic (exact) mass is 445 g/mol. The van der Waals surface area contributed by atoms with Gasteiger partial charge in [0.2, 0.25) is 0 Å². The van der Waals surface area contributed by atoms with Crippen LogP contribution in [0.1, 0.15) is 41.3 Å². The number of aryl methyl sites for hydroxylation is 2. The molecule has 172 valence electrons. The quantitative estimate of drug-likeness (QED) is 0.359. The Kier molecular flexibility index (Phi) is 8.16. The van der Waals surface area contributed by atoms with E-state index in [1.807, 2.05) is 26.8 Å². The fourth-order valence-corrected chi connectivity index (χ4v) is 3.16. The van der Waals surface area contributed by atoms with Crippen molar-refractivity contribution in [3.8, 4) is 11.6 Å². The van der Waals surface area contributed by atoms with Gasteiger partial charge < -0.3 is 34.8 Å². The number of rotatable bonds is 6. The van der Waals surface area contributed by atoms with E-state index in [0.717, 1.165) is 34.1 Å². The molecule has 0 saturated carbocycles. The van der Waals surface area contributed by atoms with E-state index in [0.29, 0.717) is 6.54 Å². The van der Waals surface area contributed by atoms with E-state index >= 15 is 0 Å². The highest BCUT2D eigenvalue weighted by Gasteiger charge is 2.18. The Bertz CT molecular complexity index is 1060. The van der Waals surface area contributed by atoms with Gasteiger partial charge in [-0.05, 0) is 57.0 Å². The third kappa shape index (κ3) is 6.19. The Hall–Kier alpha value is -3.63. The molecule has 0 aliphatic rings. The summed E-state index contributed by atoms with van der Waals surface area (Å²) in [7, 11) is 0. The zero-order valence-corrected chi connectivity index (χ0v) is 18.2. The largest absolute Gasteiger partial charge is 0.508 e. The van der Waals surface area contributed by atoms with Crippen molar-refractivity contribution in [2.45, 2.75) is 46.4 Å². The third-order valence-electron chi connectivity index (χ3n) is 4.89. The zero-order valence-electron chi connectivity index (χ0n) is 18.2. The van der Waals surface area contributed by atoms with Gasteiger partial charge in [0.15, 0.2) is 5.82 Å². The number of carboxylic acids is 2. The second-order valence-electron chi connectivity index (χ2n) is 7.34. The van der Waals surface area contributed by atoms with Crippen LogP contribution in [0.15, 0.2) is 40.9 Å². The van der Waals surface area contributed by atoms with Gasteiger partial charge in [0.1, 0.15) is 11.5 Å². The summed E-state index contributed by atoms with van der Waals surface area (Å²) in [6.45, 7) is 8.54. The summed E-state index contributed by atoms with van der Waals surface area (Å²) in [5.41, 5.74) is 4.09. The fraction of sp³-hybridized carbons (Fsp3) is 0.318. The summed E-state index contributed by atoms with van der Waals surface area (Å²) in [5.74, 6) is -1.90. The number of benzene rings is 1. The molecule has 2 heterocycles. The maximum Gasteiger partial charge on any atom is 0.414 e. The molecule has 32 heavy (non-hydrogen) atoms. The molecule has 3 rings (SSSR count). The minimum absolute atomic E-state index is 0.142. The first-order chi connectivity index (χ1) is 15.0. The van der Waals surface area contributed by atoms with Crippen LogP contribution in [0.5, 0.6) is 5.75 Å². The van der Waals surface area contributed by atoms with E-state index in [9.17, 15) is 10.2 Å². The van der Waals surface area contributed by atoms with Crippen LogP contribution in [0.2, 0.25) is 0 Å². The Morgan fingerprint density at radius 1 is 1.09 bits per heavy atom. The van der Waals surface area contributed by atoms with Crippen molar-refractivity contribution in [2.24, 2.45) is 0 Å². The summed E-state index contributed by atoms with van der Waals surface area (Å²) in [5, 5.41) is 42.1. The van der Waals surface area contributed by atoms with E-state index in [1.54, 1.807) is 24.3 Å². The Morgan fingerprint density at radius 2 is 1.69 bits per heavy atom. The SMILES string of the molecule is Cc1cc(-n2c(C)cc(CNC(C)C(O)c3ccc(O)cc3)c2C)no1.O=C(O)C(=O)O. The highest BCUT2D eigenvalue weighted by Crippen LogP contribution is 2.23. The summed E-state index contributed by atoms with van der Waals surface area (Å²) in [4.78, 5) is 18.2. The maximum atomic E-state index is 10.5. The van der Waals surface area contributed by atoms with Gasteiger partial charge in [-0.25, -0.2) is 9.59 Å². The molecular formula is C22H27N3O7. The van der Waals surface area contributed by atoms with E-state index < -0.39 is 18.0 Å². The van der Waals surface area contributed by atoms with Crippen molar-refractivity contribution in [1.82, 2.24) is 15.0 Å². The van der Waals surface area contributed by atoms with Crippen LogP contribution in [-0.2, 0) is 16.1 Å². The second-order valence-corrected chi connectivity index (χ2v) is 7.34. The van der Waals surface area contributed by atoms with Gasteiger partial charge in [-0.15, -0.1) is 0 Å². The second kappa shape index (κ2) is 10.6. The van der Waals surface area contributed by atoms with Crippen LogP contribution in [0.3, 0.4) is 0 Å². The van der Waals surface area contributed by atoms with Crippen molar-refractivity contribution >= 4 is 11.9 Å². The van der Waals surface area contributed by atoms with Gasteiger partial charge in [-0.1, -0.05) is 17.3 Å². The van der Waals surface area contributed by atoms with Gasteiger partial charge in [0.05, 0.1) is 6.10 Å². The number of aromatic hydroxyl groups is 1. The summed E-state index contributed by atoms with van der Waals surface area (Å²) in [6.07, 6.45) is -0.655. The summed E-state index contributed by atoms with van der Waals surface area (Å²) < 4.78 is 7.25. The van der Waals surface area contributed by atoms with Gasteiger partial charge in [0.25, 0.3) is 0 Å². The first-order valence-electron chi connectivity index (χ1n) is 9.79. The number of carbonyl (C=O) groups is 2. The standard InChI is InChI=1S/C20H25N3O3.C2H2O4/c1-12-9-17(15(4)23(12)19-10-13(2)26-22-19)11-21-14(3)20(25)16-5-7-18(24)8-6-16;3-1(4)2(5)6/h5-10,14,20-21,24-25H,11H2,1-4H3;(H,3,4)(H,5,6). The summed E-state index contributed by atoms with van der Waals surface area (Å²) in [6, 6.07) is 10.5. The first-order valence-corrected chi connectivity index (χ1v) is 9.79. The fourth-order valence-electron chi connectivity index (χ4n) is 3.16. The molecule has 10 nitrogen and oxygen atoms in total. The topological polar surface area (TPSA) is 158 Å². The first kappa shape index (κ1) is 24.6. The number of carboxylic acid groups (broad SMARTS) is 2. The minimum Gasteiger partial charge on any atom is -0.508 e. The number of nitrogens with zero attached hydrogens (tertiary/aromatic N) is 2. The number of nitrogens with one attached hydrogen (secondary N) is 1.